The van der Waals surface area contributed by atoms with Gasteiger partial charge in [0.15, 0.2) is 0 Å². The molecule has 0 aromatic heterocycles. The number of halogens is 7. The highest BCUT2D eigenvalue weighted by atomic mass is 19.4. The Bertz CT molecular complexity index is 1030. The normalized spacial score (nSPS) is 27.3. The molecule has 1 aliphatic heterocycles. The van der Waals surface area contributed by atoms with Crippen molar-refractivity contribution in [1.82, 2.24) is 5.32 Å². The maximum Gasteiger partial charge on any atom is 0.416 e. The molecule has 10 heteroatoms. The Hall–Kier alpha value is -2.62. The lowest BCUT2D eigenvalue weighted by Gasteiger charge is -2.29. The minimum atomic E-state index is -4.94. The molecule has 2 aromatic rings. The zero-order valence-corrected chi connectivity index (χ0v) is 18.7. The first-order valence-corrected chi connectivity index (χ1v) is 11.3. The van der Waals surface area contributed by atoms with E-state index in [0.29, 0.717) is 31.4 Å². The first-order valence-electron chi connectivity index (χ1n) is 11.3. The first-order chi connectivity index (χ1) is 16.3. The highest BCUT2D eigenvalue weighted by Gasteiger charge is 2.45. The van der Waals surface area contributed by atoms with E-state index in [0.717, 1.165) is 5.56 Å². The number of carbonyl (C=O) groups is 1. The van der Waals surface area contributed by atoms with Crippen LogP contribution in [0.4, 0.5) is 30.7 Å². The lowest BCUT2D eigenvalue weighted by Crippen LogP contribution is -2.36. The molecule has 1 unspecified atom stereocenters. The van der Waals surface area contributed by atoms with E-state index in [2.05, 4.69) is 5.32 Å². The minimum Gasteiger partial charge on any atom is -0.373 e. The van der Waals surface area contributed by atoms with Crippen LogP contribution in [0.2, 0.25) is 0 Å². The maximum atomic E-state index is 13.5. The number of nitrogens with one attached hydrogen (secondary N) is 1. The lowest BCUT2D eigenvalue weighted by molar-refractivity contribution is -0.143. The van der Waals surface area contributed by atoms with Crippen LogP contribution >= 0.6 is 0 Å². The van der Waals surface area contributed by atoms with Gasteiger partial charge in [0.05, 0.1) is 23.8 Å². The predicted molar refractivity (Wildman–Crippen MR) is 113 cm³/mol. The topological polar surface area (TPSA) is 38.3 Å². The summed E-state index contributed by atoms with van der Waals surface area (Å²) >= 11 is 0. The third kappa shape index (κ3) is 5.63. The van der Waals surface area contributed by atoms with Crippen LogP contribution in [0.1, 0.15) is 54.4 Å². The van der Waals surface area contributed by atoms with Gasteiger partial charge in [-0.05, 0) is 66.6 Å². The van der Waals surface area contributed by atoms with Crippen LogP contribution < -0.4 is 5.32 Å². The molecule has 0 bridgehead atoms. The van der Waals surface area contributed by atoms with E-state index >= 15 is 0 Å². The molecule has 5 atom stereocenters. The molecule has 1 heterocycles. The lowest BCUT2D eigenvalue weighted by atomic mass is 9.81. The van der Waals surface area contributed by atoms with Crippen molar-refractivity contribution >= 4 is 5.91 Å². The van der Waals surface area contributed by atoms with Gasteiger partial charge in [0, 0.05) is 17.9 Å². The molecule has 35 heavy (non-hydrogen) atoms. The molecule has 2 aromatic carbocycles. The summed E-state index contributed by atoms with van der Waals surface area (Å²) in [5, 5.41) is 2.98. The quantitative estimate of drug-likeness (QED) is 0.476. The average Bonchev–Trinajstić information content (AvgIpc) is 3.34. The Balaban J connectivity index is 1.59. The molecule has 2 fully saturated rings. The predicted octanol–water partition coefficient (Wildman–Crippen LogP) is 6.47. The van der Waals surface area contributed by atoms with Gasteiger partial charge in [-0.25, -0.2) is 4.39 Å². The van der Waals surface area contributed by atoms with Crippen LogP contribution in [0.25, 0.3) is 0 Å². The van der Waals surface area contributed by atoms with Crippen molar-refractivity contribution in [3.8, 4) is 0 Å². The molecular formula is C25H24F7NO2. The van der Waals surface area contributed by atoms with Crippen LogP contribution in [0.15, 0.2) is 42.5 Å². The Morgan fingerprint density at radius 1 is 0.943 bits per heavy atom. The van der Waals surface area contributed by atoms with E-state index in [9.17, 15) is 35.5 Å². The van der Waals surface area contributed by atoms with Gasteiger partial charge < -0.3 is 10.1 Å². The van der Waals surface area contributed by atoms with Crippen LogP contribution in [-0.4, -0.2) is 18.1 Å². The number of alkyl halides is 6. The second-order valence-electron chi connectivity index (χ2n) is 9.33. The van der Waals surface area contributed by atoms with E-state index in [4.69, 9.17) is 4.74 Å². The summed E-state index contributed by atoms with van der Waals surface area (Å²) in [6, 6.07) is 7.04. The van der Waals surface area contributed by atoms with Crippen molar-refractivity contribution in [3.63, 3.8) is 0 Å². The first kappa shape index (κ1) is 25.5. The van der Waals surface area contributed by atoms with Gasteiger partial charge in [0.2, 0.25) is 5.91 Å². The fraction of sp³-hybridized carbons (Fsp3) is 0.480. The summed E-state index contributed by atoms with van der Waals surface area (Å²) in [4.78, 5) is 12.1. The van der Waals surface area contributed by atoms with Crippen molar-refractivity contribution < 1.29 is 40.3 Å². The third-order valence-corrected chi connectivity index (χ3v) is 6.91. The summed E-state index contributed by atoms with van der Waals surface area (Å²) < 4.78 is 98.7. The standard InChI is InChI=1S/C25H24F7NO2/c1-13-8-20(33-23(13)34)19-6-7-21(22(19)15-2-4-18(26)5-3-15)35-12-14-9-16(24(27,28)29)11-17(10-14)25(30,31)32/h2-5,9-11,13,19-22H,6-8,12H2,1H3,(H,33,34)/t13-,19+,20?,21+,22+/m1/s1. The zero-order chi connectivity index (χ0) is 25.5. The second-order valence-corrected chi connectivity index (χ2v) is 9.33. The van der Waals surface area contributed by atoms with Gasteiger partial charge in [-0.15, -0.1) is 0 Å². The number of carbonyl (C=O) groups excluding carboxylic acids is 1. The fourth-order valence-corrected chi connectivity index (χ4v) is 5.24. The van der Waals surface area contributed by atoms with Gasteiger partial charge in [-0.1, -0.05) is 19.1 Å². The highest BCUT2D eigenvalue weighted by molar-refractivity contribution is 5.80. The Morgan fingerprint density at radius 3 is 2.06 bits per heavy atom. The van der Waals surface area contributed by atoms with Gasteiger partial charge in [-0.3, -0.25) is 4.79 Å². The molecule has 2 aliphatic rings. The summed E-state index contributed by atoms with van der Waals surface area (Å²) in [6.07, 6.45) is -8.66. The number of rotatable bonds is 5. The van der Waals surface area contributed by atoms with Gasteiger partial charge in [0.1, 0.15) is 5.82 Å². The van der Waals surface area contributed by atoms with Crippen LogP contribution in [-0.2, 0) is 28.5 Å². The molecule has 0 spiro atoms. The average molecular weight is 503 g/mol. The van der Waals surface area contributed by atoms with Crippen LogP contribution in [0.3, 0.4) is 0 Å². The molecule has 190 valence electrons. The van der Waals surface area contributed by atoms with E-state index < -0.39 is 42.0 Å². The van der Waals surface area contributed by atoms with Crippen molar-refractivity contribution in [2.75, 3.05) is 0 Å². The van der Waals surface area contributed by atoms with Crippen molar-refractivity contribution in [1.29, 1.82) is 0 Å². The smallest absolute Gasteiger partial charge is 0.373 e. The van der Waals surface area contributed by atoms with Crippen molar-refractivity contribution in [2.45, 2.75) is 63.2 Å². The number of hydrogen-bond acceptors (Lipinski definition) is 2. The van der Waals surface area contributed by atoms with Gasteiger partial charge >= 0.3 is 12.4 Å². The van der Waals surface area contributed by atoms with E-state index in [1.165, 1.54) is 12.1 Å². The van der Waals surface area contributed by atoms with Gasteiger partial charge in [0.25, 0.3) is 0 Å². The molecule has 1 aliphatic carbocycles. The molecule has 3 nitrogen and oxygen atoms in total. The summed E-state index contributed by atoms with van der Waals surface area (Å²) in [7, 11) is 0. The summed E-state index contributed by atoms with van der Waals surface area (Å²) in [5.41, 5.74) is -2.29. The molecule has 4 rings (SSSR count). The Labute approximate surface area is 197 Å². The fourth-order valence-electron chi connectivity index (χ4n) is 5.24. The molecule has 1 amide bonds. The van der Waals surface area contributed by atoms with Crippen LogP contribution in [0.5, 0.6) is 0 Å². The highest BCUT2D eigenvalue weighted by Crippen LogP contribution is 2.46. The van der Waals surface area contributed by atoms with Gasteiger partial charge in [-0.2, -0.15) is 26.3 Å². The SMILES string of the molecule is C[C@@H]1CC([C@@H]2CC[C@H](OCc3cc(C(F)(F)F)cc(C(F)(F)F)c3)[C@H]2c2ccc(F)cc2)NC1=O. The molecule has 0 radical (unpaired) electrons. The summed E-state index contributed by atoms with van der Waals surface area (Å²) in [6.45, 7) is 1.37. The number of ether oxygens (including phenoxy) is 1. The number of hydrogen-bond donors (Lipinski definition) is 1. The number of benzene rings is 2. The van der Waals surface area contributed by atoms with Crippen molar-refractivity contribution in [3.05, 3.63) is 70.5 Å². The Kier molecular flexibility index (Phi) is 6.87. The largest absolute Gasteiger partial charge is 0.416 e. The van der Waals surface area contributed by atoms with E-state index in [1.807, 2.05) is 6.92 Å². The number of amides is 1. The second kappa shape index (κ2) is 9.44. The van der Waals surface area contributed by atoms with Crippen LogP contribution in [0, 0.1) is 17.7 Å². The monoisotopic (exact) mass is 503 g/mol. The van der Waals surface area contributed by atoms with Crippen molar-refractivity contribution in [2.24, 2.45) is 11.8 Å². The zero-order valence-electron chi connectivity index (χ0n) is 18.7. The summed E-state index contributed by atoms with van der Waals surface area (Å²) in [5.74, 6) is -1.04. The minimum absolute atomic E-state index is 0.0633. The van der Waals surface area contributed by atoms with E-state index in [-0.39, 0.29) is 41.3 Å². The molecule has 1 saturated carbocycles. The third-order valence-electron chi connectivity index (χ3n) is 6.91. The molecule has 1 saturated heterocycles. The Morgan fingerprint density at radius 2 is 1.54 bits per heavy atom. The molecular weight excluding hydrogens is 479 g/mol. The van der Waals surface area contributed by atoms with E-state index in [1.54, 1.807) is 12.1 Å². The molecule has 1 N–H and O–H groups in total. The maximum absolute atomic E-state index is 13.5.